The van der Waals surface area contributed by atoms with Gasteiger partial charge in [-0.15, -0.1) is 0 Å². The number of imidazole rings is 1. The van der Waals surface area contributed by atoms with Crippen molar-refractivity contribution in [2.24, 2.45) is 11.5 Å². The minimum Gasteiger partial charge on any atom is -0.481 e. The van der Waals surface area contributed by atoms with E-state index in [-0.39, 0.29) is 37.4 Å². The Balaban J connectivity index is 2.02. The lowest BCUT2D eigenvalue weighted by Gasteiger charge is -2.29. The van der Waals surface area contributed by atoms with Crippen LogP contribution in [0.25, 0.3) is 0 Å². The van der Waals surface area contributed by atoms with Gasteiger partial charge in [0, 0.05) is 38.4 Å². The maximum atomic E-state index is 13.4. The van der Waals surface area contributed by atoms with E-state index in [1.807, 2.05) is 0 Å². The lowest BCUT2D eigenvalue weighted by atomic mass is 10.0. The van der Waals surface area contributed by atoms with Crippen molar-refractivity contribution in [2.45, 2.75) is 82.3 Å². The zero-order valence-electron chi connectivity index (χ0n) is 19.2. The van der Waals surface area contributed by atoms with Gasteiger partial charge in [0.1, 0.15) is 6.04 Å². The first-order chi connectivity index (χ1) is 16.2. The molecule has 3 atom stereocenters. The molecule has 0 aliphatic carbocycles. The number of primary amides is 1. The first-order valence-electron chi connectivity index (χ1n) is 11.6. The van der Waals surface area contributed by atoms with E-state index in [0.29, 0.717) is 50.8 Å². The second kappa shape index (κ2) is 13.4. The number of hydrogen-bond donors (Lipinski definition) is 5. The van der Waals surface area contributed by atoms with E-state index in [9.17, 15) is 24.0 Å². The molecule has 2 rings (SSSR count). The van der Waals surface area contributed by atoms with Crippen LogP contribution in [0.2, 0.25) is 0 Å². The monoisotopic (exact) mass is 478 g/mol. The summed E-state index contributed by atoms with van der Waals surface area (Å²) in [7, 11) is 0. The molecule has 3 amide bonds. The maximum Gasteiger partial charge on any atom is 0.303 e. The Labute approximate surface area is 197 Å². The number of ketones is 1. The summed E-state index contributed by atoms with van der Waals surface area (Å²) in [6.45, 7) is 0.398. The lowest BCUT2D eigenvalue weighted by molar-refractivity contribution is -0.141. The Morgan fingerprint density at radius 1 is 1.18 bits per heavy atom. The van der Waals surface area contributed by atoms with E-state index in [0.717, 1.165) is 0 Å². The van der Waals surface area contributed by atoms with Gasteiger partial charge in [-0.25, -0.2) is 4.98 Å². The highest BCUT2D eigenvalue weighted by atomic mass is 16.4. The molecular formula is C22H34N6O6. The summed E-state index contributed by atoms with van der Waals surface area (Å²) >= 11 is 0. The summed E-state index contributed by atoms with van der Waals surface area (Å²) in [5, 5.41) is 11.4. The zero-order valence-corrected chi connectivity index (χ0v) is 19.2. The average Bonchev–Trinajstić information content (AvgIpc) is 3.48. The van der Waals surface area contributed by atoms with Gasteiger partial charge >= 0.3 is 5.97 Å². The number of carboxylic acid groups (broad SMARTS) is 1. The number of nitrogens with two attached hydrogens (primary N) is 2. The van der Waals surface area contributed by atoms with Crippen LogP contribution in [0.15, 0.2) is 12.5 Å². The van der Waals surface area contributed by atoms with Crippen molar-refractivity contribution >= 4 is 29.5 Å². The number of Topliss-reactive ketones (excluding diaryl/α,β-unsaturated/α-hetero) is 1. The molecule has 12 heteroatoms. The van der Waals surface area contributed by atoms with Crippen molar-refractivity contribution in [1.82, 2.24) is 20.2 Å². The van der Waals surface area contributed by atoms with E-state index in [1.165, 1.54) is 11.2 Å². The van der Waals surface area contributed by atoms with Crippen LogP contribution in [0.3, 0.4) is 0 Å². The number of carbonyl (C=O) groups is 5. The summed E-state index contributed by atoms with van der Waals surface area (Å²) in [6, 6.07) is -2.64. The number of unbranched alkanes of at least 4 members (excludes halogenated alkanes) is 2. The number of nitrogens with one attached hydrogen (secondary N) is 2. The smallest absolute Gasteiger partial charge is 0.303 e. The molecule has 0 bridgehead atoms. The number of likely N-dealkylation sites (tertiary alicyclic amines) is 1. The van der Waals surface area contributed by atoms with Gasteiger partial charge in [-0.3, -0.25) is 24.0 Å². The molecule has 0 radical (unpaired) electrons. The number of carboxylic acids is 1. The molecule has 7 N–H and O–H groups in total. The number of aliphatic carboxylic acids is 1. The highest BCUT2D eigenvalue weighted by Crippen LogP contribution is 2.22. The number of nitrogens with zero attached hydrogens (tertiary/aromatic N) is 2. The average molecular weight is 479 g/mol. The molecule has 12 nitrogen and oxygen atoms in total. The fraction of sp³-hybridized carbons (Fsp3) is 0.636. The summed E-state index contributed by atoms with van der Waals surface area (Å²) < 4.78 is 0. The minimum atomic E-state index is -1.08. The summed E-state index contributed by atoms with van der Waals surface area (Å²) in [5.74, 6) is -2.52. The largest absolute Gasteiger partial charge is 0.481 e. The van der Waals surface area contributed by atoms with Gasteiger partial charge in [-0.1, -0.05) is 6.42 Å². The minimum absolute atomic E-state index is 0.0482. The molecule has 0 unspecified atom stereocenters. The van der Waals surface area contributed by atoms with Crippen LogP contribution in [0.4, 0.5) is 0 Å². The molecule has 0 saturated carbocycles. The lowest BCUT2D eigenvalue weighted by Crippen LogP contribution is -2.55. The molecule has 1 fully saturated rings. The fourth-order valence-corrected chi connectivity index (χ4v) is 4.01. The molecule has 1 aliphatic rings. The Morgan fingerprint density at radius 3 is 2.56 bits per heavy atom. The number of carbonyl (C=O) groups excluding carboxylic acids is 4. The standard InChI is InChI=1S/C22H34N6O6/c23-15(8-9-20(31)32)21(33)27-16(11-14-12-25-13-26-14)22(34)28-10-4-5-17(28)18(29)6-2-1-3-7-19(24)30/h12-13,15-17H,1-11,23H2,(H2,24,30)(H,25,26)(H,27,33)(H,31,32)/t15-,16-,17-/m0/s1. The number of rotatable bonds is 15. The van der Waals surface area contributed by atoms with E-state index < -0.39 is 35.9 Å². The predicted molar refractivity (Wildman–Crippen MR) is 121 cm³/mol. The quantitative estimate of drug-likeness (QED) is 0.210. The van der Waals surface area contributed by atoms with Crippen molar-refractivity contribution in [1.29, 1.82) is 0 Å². The van der Waals surface area contributed by atoms with Gasteiger partial charge in [0.25, 0.3) is 0 Å². The second-order valence-electron chi connectivity index (χ2n) is 8.55. The third-order valence-corrected chi connectivity index (χ3v) is 5.84. The predicted octanol–water partition coefficient (Wildman–Crippen LogP) is -0.375. The number of aromatic amines is 1. The van der Waals surface area contributed by atoms with Crippen molar-refractivity contribution in [3.63, 3.8) is 0 Å². The summed E-state index contributed by atoms with van der Waals surface area (Å²) in [5.41, 5.74) is 11.5. The first kappa shape index (κ1) is 27.0. The van der Waals surface area contributed by atoms with Gasteiger partial charge in [0.2, 0.25) is 17.7 Å². The highest BCUT2D eigenvalue weighted by molar-refractivity contribution is 5.94. The Morgan fingerprint density at radius 2 is 1.91 bits per heavy atom. The van der Waals surface area contributed by atoms with E-state index in [1.54, 1.807) is 6.20 Å². The fourth-order valence-electron chi connectivity index (χ4n) is 4.01. The Hall–Kier alpha value is -3.28. The molecule has 1 aromatic rings. The van der Waals surface area contributed by atoms with Crippen LogP contribution in [0.5, 0.6) is 0 Å². The Bertz CT molecular complexity index is 858. The van der Waals surface area contributed by atoms with Gasteiger partial charge in [0.15, 0.2) is 5.78 Å². The van der Waals surface area contributed by atoms with Crippen LogP contribution in [0.1, 0.15) is 63.5 Å². The van der Waals surface area contributed by atoms with E-state index >= 15 is 0 Å². The second-order valence-corrected chi connectivity index (χ2v) is 8.55. The molecule has 1 aromatic heterocycles. The van der Waals surface area contributed by atoms with Crippen molar-refractivity contribution < 1.29 is 29.1 Å². The summed E-state index contributed by atoms with van der Waals surface area (Å²) in [6.07, 6.45) is 6.55. The first-order valence-corrected chi connectivity index (χ1v) is 11.6. The number of amides is 3. The van der Waals surface area contributed by atoms with E-state index in [4.69, 9.17) is 16.6 Å². The van der Waals surface area contributed by atoms with Crippen molar-refractivity contribution in [3.8, 4) is 0 Å². The normalized spacial score (nSPS) is 17.2. The van der Waals surface area contributed by atoms with Gasteiger partial charge in [-0.05, 0) is 32.1 Å². The van der Waals surface area contributed by atoms with Crippen LogP contribution in [-0.2, 0) is 30.4 Å². The molecule has 0 aromatic carbocycles. The van der Waals surface area contributed by atoms with Crippen molar-refractivity contribution in [2.75, 3.05) is 6.54 Å². The molecule has 1 aliphatic heterocycles. The number of H-pyrrole nitrogens is 1. The van der Waals surface area contributed by atoms with Gasteiger partial charge in [-0.2, -0.15) is 0 Å². The van der Waals surface area contributed by atoms with E-state index in [2.05, 4.69) is 15.3 Å². The molecule has 34 heavy (non-hydrogen) atoms. The van der Waals surface area contributed by atoms with Crippen LogP contribution >= 0.6 is 0 Å². The van der Waals surface area contributed by atoms with Crippen LogP contribution in [-0.4, -0.2) is 74.1 Å². The zero-order chi connectivity index (χ0) is 25.1. The molecule has 2 heterocycles. The van der Waals surface area contributed by atoms with Gasteiger partial charge < -0.3 is 31.8 Å². The van der Waals surface area contributed by atoms with Crippen molar-refractivity contribution in [3.05, 3.63) is 18.2 Å². The summed E-state index contributed by atoms with van der Waals surface area (Å²) in [4.78, 5) is 68.8. The van der Waals surface area contributed by atoms with Gasteiger partial charge in [0.05, 0.1) is 24.1 Å². The van der Waals surface area contributed by atoms with Crippen LogP contribution < -0.4 is 16.8 Å². The third-order valence-electron chi connectivity index (χ3n) is 5.84. The SMILES string of the molecule is NC(=O)CCCCCC(=O)[C@@H]1CCCN1C(=O)[C@H](Cc1c[nH]cn1)NC(=O)[C@@H](N)CCC(=O)O. The maximum absolute atomic E-state index is 13.4. The topological polar surface area (TPSA) is 202 Å². The van der Waals surface area contributed by atoms with Crippen LogP contribution in [0, 0.1) is 0 Å². The molecular weight excluding hydrogens is 444 g/mol. The highest BCUT2D eigenvalue weighted by Gasteiger charge is 2.37. The molecule has 1 saturated heterocycles. The Kier molecular flexibility index (Phi) is 10.7. The number of hydrogen-bond acceptors (Lipinski definition) is 7. The third kappa shape index (κ3) is 8.58. The molecule has 0 spiro atoms. The molecule has 188 valence electrons. The number of aromatic nitrogens is 2.